The summed E-state index contributed by atoms with van der Waals surface area (Å²) in [5.41, 5.74) is 0. The van der Waals surface area contributed by atoms with Crippen molar-refractivity contribution < 1.29 is 20.4 Å². The minimum Gasteiger partial charge on any atom is -0.395 e. The van der Waals surface area contributed by atoms with Gasteiger partial charge in [0.25, 0.3) is 0 Å². The third kappa shape index (κ3) is 13.2. The molecule has 0 amide bonds. The summed E-state index contributed by atoms with van der Waals surface area (Å²) < 4.78 is 0. The highest BCUT2D eigenvalue weighted by atomic mass is 16.3. The largest absolute Gasteiger partial charge is 0.395 e. The molecule has 6 nitrogen and oxygen atoms in total. The highest BCUT2D eigenvalue weighted by Gasteiger charge is 2.02. The Kier molecular flexibility index (Phi) is 16.5. The van der Waals surface area contributed by atoms with E-state index in [0.29, 0.717) is 26.2 Å². The first-order chi connectivity index (χ1) is 10.8. The fourth-order valence-corrected chi connectivity index (χ4v) is 2.34. The number of rotatable bonds is 16. The predicted molar refractivity (Wildman–Crippen MR) is 88.8 cm³/mol. The van der Waals surface area contributed by atoms with Crippen molar-refractivity contribution >= 4 is 0 Å². The topological polar surface area (TPSA) is 87.4 Å². The standard InChI is InChI=1S/C16H34N2O4/c19-13-9-17(10-14-20)7-5-3-1-2-4-6-8-18(11-15-21)12-16-22/h1-2,19-22H,3-16H2/b2-1-. The normalized spacial score (nSPS) is 12.1. The third-order valence-electron chi connectivity index (χ3n) is 3.52. The summed E-state index contributed by atoms with van der Waals surface area (Å²) in [6.07, 6.45) is 8.42. The number of aliphatic hydroxyl groups is 4. The molecule has 0 saturated carbocycles. The van der Waals surface area contributed by atoms with Gasteiger partial charge >= 0.3 is 0 Å². The lowest BCUT2D eigenvalue weighted by atomic mass is 10.2. The van der Waals surface area contributed by atoms with Gasteiger partial charge in [0.1, 0.15) is 0 Å². The smallest absolute Gasteiger partial charge is 0.0558 e. The van der Waals surface area contributed by atoms with Gasteiger partial charge in [-0.25, -0.2) is 0 Å². The van der Waals surface area contributed by atoms with Crippen LogP contribution in [0.4, 0.5) is 0 Å². The third-order valence-corrected chi connectivity index (χ3v) is 3.52. The Hall–Kier alpha value is -0.500. The van der Waals surface area contributed by atoms with Gasteiger partial charge in [0.05, 0.1) is 26.4 Å². The molecule has 0 aliphatic heterocycles. The maximum absolute atomic E-state index is 8.91. The van der Waals surface area contributed by atoms with E-state index in [1.165, 1.54) is 0 Å². The molecule has 4 N–H and O–H groups in total. The van der Waals surface area contributed by atoms with Crippen molar-refractivity contribution in [2.45, 2.75) is 25.7 Å². The van der Waals surface area contributed by atoms with Crippen molar-refractivity contribution in [2.75, 3.05) is 65.7 Å². The molecule has 0 heterocycles. The number of allylic oxidation sites excluding steroid dienone is 2. The van der Waals surface area contributed by atoms with Gasteiger partial charge in [-0.2, -0.15) is 0 Å². The Labute approximate surface area is 134 Å². The summed E-state index contributed by atoms with van der Waals surface area (Å²) in [6, 6.07) is 0. The molecule has 0 saturated heterocycles. The van der Waals surface area contributed by atoms with Crippen LogP contribution in [-0.4, -0.2) is 95.9 Å². The Morgan fingerprint density at radius 3 is 1.09 bits per heavy atom. The van der Waals surface area contributed by atoms with Crippen LogP contribution in [0.25, 0.3) is 0 Å². The summed E-state index contributed by atoms with van der Waals surface area (Å²) in [4.78, 5) is 4.13. The fourth-order valence-electron chi connectivity index (χ4n) is 2.34. The summed E-state index contributed by atoms with van der Waals surface area (Å²) in [7, 11) is 0. The molecular formula is C16H34N2O4. The van der Waals surface area contributed by atoms with Gasteiger partial charge < -0.3 is 20.4 Å². The van der Waals surface area contributed by atoms with Gasteiger partial charge in [-0.15, -0.1) is 0 Å². The van der Waals surface area contributed by atoms with Crippen molar-refractivity contribution in [1.82, 2.24) is 9.80 Å². The first-order valence-electron chi connectivity index (χ1n) is 8.31. The molecule has 22 heavy (non-hydrogen) atoms. The fraction of sp³-hybridized carbons (Fsp3) is 0.875. The lowest BCUT2D eigenvalue weighted by Crippen LogP contribution is -2.30. The number of aliphatic hydroxyl groups excluding tert-OH is 4. The van der Waals surface area contributed by atoms with E-state index in [1.807, 2.05) is 0 Å². The molecule has 0 unspecified atom stereocenters. The molecule has 0 radical (unpaired) electrons. The molecule has 0 aliphatic rings. The number of nitrogens with zero attached hydrogens (tertiary/aromatic N) is 2. The van der Waals surface area contributed by atoms with Crippen molar-refractivity contribution in [3.8, 4) is 0 Å². The van der Waals surface area contributed by atoms with Gasteiger partial charge in [0.15, 0.2) is 0 Å². The van der Waals surface area contributed by atoms with Gasteiger partial charge in [0, 0.05) is 26.2 Å². The zero-order valence-corrected chi connectivity index (χ0v) is 13.7. The average molecular weight is 318 g/mol. The van der Waals surface area contributed by atoms with Crippen molar-refractivity contribution in [1.29, 1.82) is 0 Å². The number of unbranched alkanes of at least 4 members (excludes halogenated alkanes) is 2. The van der Waals surface area contributed by atoms with E-state index in [4.69, 9.17) is 20.4 Å². The van der Waals surface area contributed by atoms with E-state index < -0.39 is 0 Å². The van der Waals surface area contributed by atoms with E-state index >= 15 is 0 Å². The minimum atomic E-state index is 0.133. The minimum absolute atomic E-state index is 0.133. The monoisotopic (exact) mass is 318 g/mol. The van der Waals surface area contributed by atoms with Gasteiger partial charge in [0.2, 0.25) is 0 Å². The highest BCUT2D eigenvalue weighted by molar-refractivity contribution is 4.82. The van der Waals surface area contributed by atoms with E-state index in [9.17, 15) is 0 Å². The highest BCUT2D eigenvalue weighted by Crippen LogP contribution is 2.00. The maximum Gasteiger partial charge on any atom is 0.0558 e. The quantitative estimate of drug-likeness (QED) is 0.230. The van der Waals surface area contributed by atoms with Crippen LogP contribution in [0.3, 0.4) is 0 Å². The molecule has 0 aromatic heterocycles. The van der Waals surface area contributed by atoms with Crippen LogP contribution in [-0.2, 0) is 0 Å². The first kappa shape index (κ1) is 21.5. The molecule has 0 bridgehead atoms. The molecule has 6 heteroatoms. The van der Waals surface area contributed by atoms with E-state index in [-0.39, 0.29) is 26.4 Å². The van der Waals surface area contributed by atoms with Crippen LogP contribution < -0.4 is 0 Å². The summed E-state index contributed by atoms with van der Waals surface area (Å²) in [6.45, 7) is 4.81. The Bertz CT molecular complexity index is 216. The molecule has 0 aromatic rings. The zero-order chi connectivity index (χ0) is 16.5. The van der Waals surface area contributed by atoms with Crippen LogP contribution in [0.2, 0.25) is 0 Å². The molecule has 0 rings (SSSR count). The second-order valence-electron chi connectivity index (χ2n) is 5.33. The van der Waals surface area contributed by atoms with Crippen LogP contribution >= 0.6 is 0 Å². The first-order valence-corrected chi connectivity index (χ1v) is 8.31. The lowest BCUT2D eigenvalue weighted by Gasteiger charge is -2.19. The van der Waals surface area contributed by atoms with Crippen LogP contribution in [0.15, 0.2) is 12.2 Å². The summed E-state index contributed by atoms with van der Waals surface area (Å²) >= 11 is 0. The lowest BCUT2D eigenvalue weighted by molar-refractivity contribution is 0.159. The Balaban J connectivity index is 3.60. The summed E-state index contributed by atoms with van der Waals surface area (Å²) in [5, 5.41) is 35.6. The molecule has 0 fully saturated rings. The molecule has 0 spiro atoms. The van der Waals surface area contributed by atoms with Crippen LogP contribution in [0.5, 0.6) is 0 Å². The van der Waals surface area contributed by atoms with Gasteiger partial charge in [-0.3, -0.25) is 9.80 Å². The Morgan fingerprint density at radius 2 is 0.818 bits per heavy atom. The molecular weight excluding hydrogens is 284 g/mol. The van der Waals surface area contributed by atoms with Gasteiger partial charge in [-0.05, 0) is 38.8 Å². The number of hydrogen-bond acceptors (Lipinski definition) is 6. The van der Waals surface area contributed by atoms with E-state index in [1.54, 1.807) is 0 Å². The van der Waals surface area contributed by atoms with Crippen molar-refractivity contribution in [2.24, 2.45) is 0 Å². The van der Waals surface area contributed by atoms with E-state index in [0.717, 1.165) is 38.8 Å². The Morgan fingerprint density at radius 1 is 0.500 bits per heavy atom. The van der Waals surface area contributed by atoms with Crippen LogP contribution in [0, 0.1) is 0 Å². The SMILES string of the molecule is OCCN(CCO)CCC/C=C\CCCN(CCO)CCO. The van der Waals surface area contributed by atoms with Gasteiger partial charge in [-0.1, -0.05) is 12.2 Å². The van der Waals surface area contributed by atoms with Crippen LogP contribution in [0.1, 0.15) is 25.7 Å². The molecule has 132 valence electrons. The van der Waals surface area contributed by atoms with Crippen molar-refractivity contribution in [3.05, 3.63) is 12.2 Å². The number of hydrogen-bond donors (Lipinski definition) is 4. The molecule has 0 aliphatic carbocycles. The van der Waals surface area contributed by atoms with Crippen molar-refractivity contribution in [3.63, 3.8) is 0 Å². The molecule has 0 atom stereocenters. The second kappa shape index (κ2) is 16.9. The second-order valence-corrected chi connectivity index (χ2v) is 5.33. The molecule has 0 aromatic carbocycles. The van der Waals surface area contributed by atoms with E-state index in [2.05, 4.69) is 22.0 Å². The predicted octanol–water partition coefficient (Wildman–Crippen LogP) is -0.324. The zero-order valence-electron chi connectivity index (χ0n) is 13.7. The summed E-state index contributed by atoms with van der Waals surface area (Å²) in [5.74, 6) is 0. The average Bonchev–Trinajstić information content (AvgIpc) is 2.50. The maximum atomic E-state index is 8.91.